The van der Waals surface area contributed by atoms with Gasteiger partial charge in [-0.3, -0.25) is 9.69 Å². The van der Waals surface area contributed by atoms with Crippen molar-refractivity contribution in [1.82, 2.24) is 4.90 Å². The van der Waals surface area contributed by atoms with Crippen LogP contribution in [0.15, 0.2) is 24.3 Å². The number of anilines is 1. The molecule has 0 fully saturated rings. The number of hydrogen-bond acceptors (Lipinski definition) is 7. The molecule has 0 saturated carbocycles. The van der Waals surface area contributed by atoms with Crippen LogP contribution in [0.2, 0.25) is 5.02 Å². The molecule has 2 aromatic rings. The average molecular weight is 439 g/mol. The maximum Gasteiger partial charge on any atom is 0.238 e. The van der Waals surface area contributed by atoms with E-state index in [9.17, 15) is 4.79 Å². The lowest BCUT2D eigenvalue weighted by Gasteiger charge is -2.21. The minimum absolute atomic E-state index is 0.131. The van der Waals surface area contributed by atoms with E-state index in [2.05, 4.69) is 5.32 Å². The van der Waals surface area contributed by atoms with Gasteiger partial charge in [-0.05, 0) is 13.1 Å². The normalized spacial score (nSPS) is 10.5. The second-order valence-corrected chi connectivity index (χ2v) is 6.81. The summed E-state index contributed by atoms with van der Waals surface area (Å²) in [5.41, 5.74) is 1.33. The molecule has 0 unspecified atom stereocenters. The first-order chi connectivity index (χ1) is 14.4. The van der Waals surface area contributed by atoms with Crippen molar-refractivity contribution in [2.45, 2.75) is 6.54 Å². The number of carbonyl (C=O) groups is 1. The fourth-order valence-electron chi connectivity index (χ4n) is 3.03. The molecule has 1 N–H and O–H groups in total. The van der Waals surface area contributed by atoms with Gasteiger partial charge in [0.2, 0.25) is 11.7 Å². The van der Waals surface area contributed by atoms with E-state index in [-0.39, 0.29) is 12.5 Å². The molecule has 0 aromatic heterocycles. The van der Waals surface area contributed by atoms with Gasteiger partial charge in [0, 0.05) is 24.2 Å². The van der Waals surface area contributed by atoms with Crippen LogP contribution >= 0.6 is 11.6 Å². The first-order valence-corrected chi connectivity index (χ1v) is 9.44. The Kier molecular flexibility index (Phi) is 8.44. The molecule has 0 atom stereocenters. The van der Waals surface area contributed by atoms with Crippen LogP contribution in [0.1, 0.15) is 5.56 Å². The van der Waals surface area contributed by atoms with Gasteiger partial charge < -0.3 is 29.0 Å². The van der Waals surface area contributed by atoms with E-state index in [1.807, 2.05) is 18.0 Å². The molecule has 9 heteroatoms. The van der Waals surface area contributed by atoms with Gasteiger partial charge in [-0.25, -0.2) is 0 Å². The number of halogens is 1. The van der Waals surface area contributed by atoms with Gasteiger partial charge in [-0.2, -0.15) is 0 Å². The number of hydrogen-bond donors (Lipinski definition) is 1. The summed E-state index contributed by atoms with van der Waals surface area (Å²) in [6.07, 6.45) is 0. The van der Waals surface area contributed by atoms with E-state index in [0.29, 0.717) is 46.0 Å². The lowest BCUT2D eigenvalue weighted by molar-refractivity contribution is -0.117. The Balaban J connectivity index is 2.12. The maximum absolute atomic E-state index is 12.6. The van der Waals surface area contributed by atoms with Crippen LogP contribution in [0.25, 0.3) is 0 Å². The number of likely N-dealkylation sites (N-methyl/N-ethyl adjacent to an activating group) is 1. The van der Waals surface area contributed by atoms with Crippen LogP contribution in [0.4, 0.5) is 5.69 Å². The second-order valence-electron chi connectivity index (χ2n) is 6.40. The van der Waals surface area contributed by atoms with Crippen LogP contribution in [0.3, 0.4) is 0 Å². The summed E-state index contributed by atoms with van der Waals surface area (Å²) in [5, 5.41) is 3.22. The van der Waals surface area contributed by atoms with E-state index in [1.54, 1.807) is 39.5 Å². The van der Waals surface area contributed by atoms with Crippen LogP contribution < -0.4 is 29.0 Å². The third-order valence-electron chi connectivity index (χ3n) is 4.39. The molecule has 30 heavy (non-hydrogen) atoms. The van der Waals surface area contributed by atoms with Gasteiger partial charge in [0.05, 0.1) is 52.8 Å². The molecule has 0 aliphatic carbocycles. The van der Waals surface area contributed by atoms with Gasteiger partial charge in [0.25, 0.3) is 0 Å². The summed E-state index contributed by atoms with van der Waals surface area (Å²) < 4.78 is 26.7. The van der Waals surface area contributed by atoms with Crippen molar-refractivity contribution in [1.29, 1.82) is 0 Å². The van der Waals surface area contributed by atoms with Crippen molar-refractivity contribution >= 4 is 23.2 Å². The zero-order valence-electron chi connectivity index (χ0n) is 18.0. The molecule has 0 saturated heterocycles. The van der Waals surface area contributed by atoms with Crippen molar-refractivity contribution in [3.05, 3.63) is 34.9 Å². The molecular formula is C21H27ClN2O6. The van der Waals surface area contributed by atoms with Crippen LogP contribution in [-0.2, 0) is 11.3 Å². The Labute approximate surface area is 181 Å². The fraction of sp³-hybridized carbons (Fsp3) is 0.381. The molecule has 0 radical (unpaired) electrons. The first-order valence-electron chi connectivity index (χ1n) is 9.06. The maximum atomic E-state index is 12.6. The van der Waals surface area contributed by atoms with Crippen molar-refractivity contribution in [3.63, 3.8) is 0 Å². The van der Waals surface area contributed by atoms with E-state index in [0.717, 1.165) is 5.56 Å². The van der Waals surface area contributed by atoms with Crippen LogP contribution in [0.5, 0.6) is 28.7 Å². The summed E-state index contributed by atoms with van der Waals surface area (Å²) in [7, 11) is 9.51. The smallest absolute Gasteiger partial charge is 0.238 e. The number of benzene rings is 2. The van der Waals surface area contributed by atoms with Gasteiger partial charge in [-0.15, -0.1) is 0 Å². The monoisotopic (exact) mass is 438 g/mol. The Morgan fingerprint density at radius 3 is 2.10 bits per heavy atom. The Morgan fingerprint density at radius 2 is 1.53 bits per heavy atom. The highest BCUT2D eigenvalue weighted by Gasteiger charge is 2.18. The van der Waals surface area contributed by atoms with E-state index in [1.165, 1.54) is 14.2 Å². The third kappa shape index (κ3) is 5.40. The fourth-order valence-corrected chi connectivity index (χ4v) is 3.26. The molecule has 0 bridgehead atoms. The molecule has 2 aromatic carbocycles. The van der Waals surface area contributed by atoms with E-state index >= 15 is 0 Å². The standard InChI is InChI=1S/C21H27ClN2O6/c1-24(11-13-7-8-16(26-2)21(30-6)20(13)29-5)12-19(25)23-15-10-17(27-3)14(22)9-18(15)28-4/h7-10H,11-12H2,1-6H3,(H,23,25). The zero-order chi connectivity index (χ0) is 22.3. The lowest BCUT2D eigenvalue weighted by Crippen LogP contribution is -2.30. The van der Waals surface area contributed by atoms with Crippen molar-refractivity contribution in [2.24, 2.45) is 0 Å². The van der Waals surface area contributed by atoms with Gasteiger partial charge in [0.1, 0.15) is 11.5 Å². The van der Waals surface area contributed by atoms with Crippen molar-refractivity contribution in [3.8, 4) is 28.7 Å². The highest BCUT2D eigenvalue weighted by Crippen LogP contribution is 2.40. The number of methoxy groups -OCH3 is 5. The molecule has 0 aliphatic rings. The minimum Gasteiger partial charge on any atom is -0.495 e. The number of amides is 1. The molecule has 0 spiro atoms. The lowest BCUT2D eigenvalue weighted by atomic mass is 10.1. The van der Waals surface area contributed by atoms with Gasteiger partial charge in [0.15, 0.2) is 11.5 Å². The number of carbonyl (C=O) groups excluding carboxylic acids is 1. The van der Waals surface area contributed by atoms with Crippen LogP contribution in [0, 0.1) is 0 Å². The Bertz CT molecular complexity index is 890. The number of nitrogens with one attached hydrogen (secondary N) is 1. The molecule has 1 amide bonds. The predicted octanol–water partition coefficient (Wildman–Crippen LogP) is 3.45. The summed E-state index contributed by atoms with van der Waals surface area (Å²) in [5.74, 6) is 2.30. The van der Waals surface area contributed by atoms with Gasteiger partial charge in [-0.1, -0.05) is 17.7 Å². The van der Waals surface area contributed by atoms with E-state index in [4.69, 9.17) is 35.3 Å². The van der Waals surface area contributed by atoms with Crippen molar-refractivity contribution < 1.29 is 28.5 Å². The molecule has 0 aliphatic heterocycles. The van der Waals surface area contributed by atoms with Gasteiger partial charge >= 0.3 is 0 Å². The molecular weight excluding hydrogens is 412 g/mol. The summed E-state index contributed by atoms with van der Waals surface area (Å²) >= 11 is 6.11. The summed E-state index contributed by atoms with van der Waals surface area (Å²) in [6, 6.07) is 6.89. The minimum atomic E-state index is -0.223. The van der Waals surface area contributed by atoms with E-state index < -0.39 is 0 Å². The molecule has 8 nitrogen and oxygen atoms in total. The largest absolute Gasteiger partial charge is 0.495 e. The topological polar surface area (TPSA) is 78.5 Å². The summed E-state index contributed by atoms with van der Waals surface area (Å²) in [4.78, 5) is 14.4. The predicted molar refractivity (Wildman–Crippen MR) is 116 cm³/mol. The molecule has 2 rings (SSSR count). The number of nitrogens with zero attached hydrogens (tertiary/aromatic N) is 1. The summed E-state index contributed by atoms with van der Waals surface area (Å²) in [6.45, 7) is 0.587. The number of ether oxygens (including phenoxy) is 5. The van der Waals surface area contributed by atoms with Crippen molar-refractivity contribution in [2.75, 3.05) is 54.5 Å². The second kappa shape index (κ2) is 10.8. The highest BCUT2D eigenvalue weighted by atomic mass is 35.5. The molecule has 164 valence electrons. The number of rotatable bonds is 10. The average Bonchev–Trinajstić information content (AvgIpc) is 2.73. The quantitative estimate of drug-likeness (QED) is 0.608. The SMILES string of the molecule is COc1cc(NC(=O)CN(C)Cc2ccc(OC)c(OC)c2OC)c(OC)cc1Cl. The zero-order valence-corrected chi connectivity index (χ0v) is 18.8. The van der Waals surface area contributed by atoms with Crippen LogP contribution in [-0.4, -0.2) is 59.9 Å². The third-order valence-corrected chi connectivity index (χ3v) is 4.68. The first kappa shape index (κ1) is 23.4. The molecule has 0 heterocycles. The Morgan fingerprint density at radius 1 is 0.900 bits per heavy atom. The Hall–Kier alpha value is -2.84. The highest BCUT2D eigenvalue weighted by molar-refractivity contribution is 6.32.